The minimum absolute atomic E-state index is 0.102. The standard InChI is InChI=1S/C15H27NO2/c1-4-10(3)8-11(5-2)16-12-6-7-14(16)13(9-12)15(17)18/h10-14H,4-9H2,1-3H3,(H,17,18). The van der Waals surface area contributed by atoms with E-state index in [1.165, 1.54) is 19.3 Å². The zero-order chi connectivity index (χ0) is 13.3. The van der Waals surface area contributed by atoms with Gasteiger partial charge in [0.2, 0.25) is 0 Å². The van der Waals surface area contributed by atoms with Crippen molar-refractivity contribution in [1.29, 1.82) is 0 Å². The average Bonchev–Trinajstić information content (AvgIpc) is 2.93. The van der Waals surface area contributed by atoms with Crippen LogP contribution in [0.4, 0.5) is 0 Å². The Balaban J connectivity index is 2.05. The third kappa shape index (κ3) is 2.42. The first-order valence-electron chi connectivity index (χ1n) is 7.58. The molecule has 3 nitrogen and oxygen atoms in total. The second-order valence-electron chi connectivity index (χ2n) is 6.24. The van der Waals surface area contributed by atoms with E-state index < -0.39 is 5.97 Å². The molecule has 0 spiro atoms. The molecule has 0 aromatic rings. The molecule has 2 fully saturated rings. The van der Waals surface area contributed by atoms with E-state index in [0.717, 1.165) is 25.2 Å². The fraction of sp³-hybridized carbons (Fsp3) is 0.933. The highest BCUT2D eigenvalue weighted by atomic mass is 16.4. The Hall–Kier alpha value is -0.570. The minimum atomic E-state index is -0.578. The van der Waals surface area contributed by atoms with Crippen LogP contribution in [0.5, 0.6) is 0 Å². The van der Waals surface area contributed by atoms with Crippen LogP contribution in [-0.4, -0.2) is 34.1 Å². The molecule has 2 rings (SSSR count). The highest BCUT2D eigenvalue weighted by molar-refractivity contribution is 5.71. The van der Waals surface area contributed by atoms with Crippen LogP contribution in [0.25, 0.3) is 0 Å². The van der Waals surface area contributed by atoms with Crippen LogP contribution in [0, 0.1) is 11.8 Å². The summed E-state index contributed by atoms with van der Waals surface area (Å²) in [5.41, 5.74) is 0. The van der Waals surface area contributed by atoms with Crippen LogP contribution >= 0.6 is 0 Å². The van der Waals surface area contributed by atoms with Gasteiger partial charge in [0.15, 0.2) is 0 Å². The van der Waals surface area contributed by atoms with E-state index in [1.807, 2.05) is 0 Å². The first kappa shape index (κ1) is 13.9. The van der Waals surface area contributed by atoms with E-state index in [9.17, 15) is 9.90 Å². The van der Waals surface area contributed by atoms with Gasteiger partial charge in [0, 0.05) is 18.1 Å². The van der Waals surface area contributed by atoms with E-state index in [2.05, 4.69) is 25.7 Å². The predicted octanol–water partition coefficient (Wildman–Crippen LogP) is 3.14. The molecule has 0 saturated carbocycles. The molecule has 0 amide bonds. The van der Waals surface area contributed by atoms with Gasteiger partial charge in [-0.05, 0) is 38.0 Å². The lowest BCUT2D eigenvalue weighted by atomic mass is 9.89. The molecule has 0 aromatic carbocycles. The maximum atomic E-state index is 11.3. The van der Waals surface area contributed by atoms with Crippen LogP contribution in [-0.2, 0) is 4.79 Å². The van der Waals surface area contributed by atoms with E-state index in [1.54, 1.807) is 0 Å². The summed E-state index contributed by atoms with van der Waals surface area (Å²) < 4.78 is 0. The third-order valence-electron chi connectivity index (χ3n) is 5.17. The first-order valence-corrected chi connectivity index (χ1v) is 7.58. The van der Waals surface area contributed by atoms with Gasteiger partial charge in [-0.3, -0.25) is 9.69 Å². The lowest BCUT2D eigenvalue weighted by Gasteiger charge is -2.33. The maximum Gasteiger partial charge on any atom is 0.308 e. The largest absolute Gasteiger partial charge is 0.481 e. The fourth-order valence-corrected chi connectivity index (χ4v) is 4.00. The number of carboxylic acid groups (broad SMARTS) is 1. The zero-order valence-corrected chi connectivity index (χ0v) is 11.9. The van der Waals surface area contributed by atoms with Crippen molar-refractivity contribution in [3.05, 3.63) is 0 Å². The van der Waals surface area contributed by atoms with Gasteiger partial charge in [0.05, 0.1) is 5.92 Å². The number of nitrogens with zero attached hydrogens (tertiary/aromatic N) is 1. The smallest absolute Gasteiger partial charge is 0.308 e. The molecule has 3 heteroatoms. The van der Waals surface area contributed by atoms with Gasteiger partial charge in [-0.25, -0.2) is 0 Å². The van der Waals surface area contributed by atoms with E-state index >= 15 is 0 Å². The zero-order valence-electron chi connectivity index (χ0n) is 11.9. The summed E-state index contributed by atoms with van der Waals surface area (Å²) in [6.07, 6.45) is 6.80. The molecule has 2 heterocycles. The van der Waals surface area contributed by atoms with Gasteiger partial charge >= 0.3 is 5.97 Å². The molecule has 0 radical (unpaired) electrons. The second-order valence-corrected chi connectivity index (χ2v) is 6.24. The average molecular weight is 253 g/mol. The van der Waals surface area contributed by atoms with Crippen molar-refractivity contribution in [3.8, 4) is 0 Å². The van der Waals surface area contributed by atoms with Crippen molar-refractivity contribution < 1.29 is 9.90 Å². The number of hydrogen-bond donors (Lipinski definition) is 1. The highest BCUT2D eigenvalue weighted by Gasteiger charge is 2.51. The van der Waals surface area contributed by atoms with Crippen molar-refractivity contribution in [3.63, 3.8) is 0 Å². The van der Waals surface area contributed by atoms with Crippen LogP contribution < -0.4 is 0 Å². The van der Waals surface area contributed by atoms with E-state index in [4.69, 9.17) is 0 Å². The molecule has 18 heavy (non-hydrogen) atoms. The van der Waals surface area contributed by atoms with Crippen molar-refractivity contribution in [1.82, 2.24) is 4.90 Å². The Morgan fingerprint density at radius 2 is 2.06 bits per heavy atom. The number of carbonyl (C=O) groups is 1. The summed E-state index contributed by atoms with van der Waals surface area (Å²) in [6.45, 7) is 6.81. The molecular formula is C15H27NO2. The van der Waals surface area contributed by atoms with Gasteiger partial charge in [0.25, 0.3) is 0 Å². The molecule has 2 saturated heterocycles. The summed E-state index contributed by atoms with van der Waals surface area (Å²) in [5, 5.41) is 9.31. The summed E-state index contributed by atoms with van der Waals surface area (Å²) in [7, 11) is 0. The minimum Gasteiger partial charge on any atom is -0.481 e. The van der Waals surface area contributed by atoms with Crippen LogP contribution in [0.15, 0.2) is 0 Å². The molecule has 5 unspecified atom stereocenters. The summed E-state index contributed by atoms with van der Waals surface area (Å²) >= 11 is 0. The summed E-state index contributed by atoms with van der Waals surface area (Å²) in [5.74, 6) is 0.0681. The van der Waals surface area contributed by atoms with Gasteiger partial charge in [0.1, 0.15) is 0 Å². The van der Waals surface area contributed by atoms with Crippen molar-refractivity contribution >= 4 is 5.97 Å². The van der Waals surface area contributed by atoms with Crippen LogP contribution in [0.3, 0.4) is 0 Å². The normalized spacial score (nSPS) is 34.7. The molecule has 2 bridgehead atoms. The molecule has 5 atom stereocenters. The fourth-order valence-electron chi connectivity index (χ4n) is 4.00. The van der Waals surface area contributed by atoms with Crippen LogP contribution in [0.2, 0.25) is 0 Å². The Morgan fingerprint density at radius 1 is 1.33 bits per heavy atom. The van der Waals surface area contributed by atoms with Crippen molar-refractivity contribution in [2.75, 3.05) is 0 Å². The van der Waals surface area contributed by atoms with Crippen LogP contribution in [0.1, 0.15) is 59.3 Å². The number of fused-ring (bicyclic) bond motifs is 2. The molecule has 2 aliphatic heterocycles. The lowest BCUT2D eigenvalue weighted by Crippen LogP contribution is -2.41. The Labute approximate surface area is 111 Å². The number of aliphatic carboxylic acids is 1. The summed E-state index contributed by atoms with van der Waals surface area (Å²) in [6, 6.07) is 1.47. The Bertz CT molecular complexity index is 305. The number of rotatable bonds is 6. The number of carboxylic acids is 1. The monoisotopic (exact) mass is 253 g/mol. The molecule has 0 aliphatic carbocycles. The first-order chi connectivity index (χ1) is 8.58. The topological polar surface area (TPSA) is 40.5 Å². The predicted molar refractivity (Wildman–Crippen MR) is 72.5 cm³/mol. The maximum absolute atomic E-state index is 11.3. The van der Waals surface area contributed by atoms with Gasteiger partial charge in [-0.1, -0.05) is 27.2 Å². The quantitative estimate of drug-likeness (QED) is 0.790. The van der Waals surface area contributed by atoms with Crippen molar-refractivity contribution in [2.45, 2.75) is 77.4 Å². The lowest BCUT2D eigenvalue weighted by molar-refractivity contribution is -0.142. The van der Waals surface area contributed by atoms with Gasteiger partial charge in [-0.2, -0.15) is 0 Å². The number of hydrogen-bond acceptors (Lipinski definition) is 2. The summed E-state index contributed by atoms with van der Waals surface area (Å²) in [4.78, 5) is 13.9. The molecule has 1 N–H and O–H groups in total. The molecule has 0 aromatic heterocycles. The SMILES string of the molecule is CCC(C)CC(CC)N1C2CCC1C(C(=O)O)C2. The molecular weight excluding hydrogens is 226 g/mol. The second kappa shape index (κ2) is 5.60. The third-order valence-corrected chi connectivity index (χ3v) is 5.17. The van der Waals surface area contributed by atoms with Gasteiger partial charge < -0.3 is 5.11 Å². The Kier molecular flexibility index (Phi) is 4.31. The molecule has 104 valence electrons. The van der Waals surface area contributed by atoms with Gasteiger partial charge in [-0.15, -0.1) is 0 Å². The molecule has 2 aliphatic rings. The van der Waals surface area contributed by atoms with E-state index in [0.29, 0.717) is 18.1 Å². The Morgan fingerprint density at radius 3 is 2.56 bits per heavy atom. The highest BCUT2D eigenvalue weighted by Crippen LogP contribution is 2.44. The van der Waals surface area contributed by atoms with E-state index in [-0.39, 0.29) is 5.92 Å². The van der Waals surface area contributed by atoms with Crippen molar-refractivity contribution in [2.24, 2.45) is 11.8 Å².